The number of nitrogens with zero attached hydrogens (tertiary/aromatic N) is 1. The second-order valence-corrected chi connectivity index (χ2v) is 29.2. The second kappa shape index (κ2) is 75.4. The number of quaternary nitrogens is 1. The lowest BCUT2D eigenvalue weighted by atomic mass is 10.0. The van der Waals surface area contributed by atoms with Crippen molar-refractivity contribution < 1.29 is 42.1 Å². The molecule has 0 spiro atoms. The Morgan fingerprint density at radius 2 is 0.594 bits per heavy atom. The maximum absolute atomic E-state index is 12.9. The molecule has 0 aliphatic heterocycles. The summed E-state index contributed by atoms with van der Waals surface area (Å²) in [6.07, 6.45) is 110. The van der Waals surface area contributed by atoms with Crippen LogP contribution in [0, 0.1) is 0 Å². The van der Waals surface area contributed by atoms with Crippen LogP contribution in [0.3, 0.4) is 0 Å². The Hall–Kier alpha value is -3.85. The van der Waals surface area contributed by atoms with Gasteiger partial charge in [-0.15, -0.1) is 0 Å². The third-order valence-electron chi connectivity index (χ3n) is 17.2. The molecule has 0 aromatic heterocycles. The van der Waals surface area contributed by atoms with Crippen molar-refractivity contribution >= 4 is 19.8 Å². The highest BCUT2D eigenvalue weighted by atomic mass is 31.2. The molecule has 0 rings (SSSR count). The first-order valence-electron chi connectivity index (χ1n) is 39.9. The van der Waals surface area contributed by atoms with E-state index in [1.807, 2.05) is 21.1 Å². The van der Waals surface area contributed by atoms with Crippen LogP contribution in [0.1, 0.15) is 348 Å². The van der Waals surface area contributed by atoms with Gasteiger partial charge in [-0.2, -0.15) is 0 Å². The number of hydrogen-bond acceptors (Lipinski definition) is 7. The smallest absolute Gasteiger partial charge is 0.462 e. The number of carbonyl (C=O) groups is 2. The first kappa shape index (κ1) is 92.2. The summed E-state index contributed by atoms with van der Waals surface area (Å²) in [6.45, 7) is 4.32. The van der Waals surface area contributed by atoms with Gasteiger partial charge in [0, 0.05) is 12.8 Å². The van der Waals surface area contributed by atoms with E-state index in [2.05, 4.69) is 148 Å². The molecular weight excluding hydrogens is 1210 g/mol. The minimum Gasteiger partial charge on any atom is -0.462 e. The average Bonchev–Trinajstić information content (AvgIpc) is 2.74. The molecule has 96 heavy (non-hydrogen) atoms. The van der Waals surface area contributed by atoms with E-state index >= 15 is 0 Å². The Morgan fingerprint density at radius 3 is 0.896 bits per heavy atom. The van der Waals surface area contributed by atoms with E-state index in [4.69, 9.17) is 18.5 Å². The van der Waals surface area contributed by atoms with Crippen LogP contribution in [0.25, 0.3) is 0 Å². The van der Waals surface area contributed by atoms with Crippen LogP contribution in [0.4, 0.5) is 0 Å². The summed E-state index contributed by atoms with van der Waals surface area (Å²) in [6, 6.07) is 0. The fourth-order valence-electron chi connectivity index (χ4n) is 11.1. The van der Waals surface area contributed by atoms with E-state index in [1.165, 1.54) is 205 Å². The topological polar surface area (TPSA) is 108 Å². The minimum absolute atomic E-state index is 0.0211. The molecule has 0 radical (unpaired) electrons. The molecule has 0 fully saturated rings. The van der Waals surface area contributed by atoms with Crippen LogP contribution in [-0.4, -0.2) is 74.9 Å². The highest BCUT2D eigenvalue weighted by Crippen LogP contribution is 2.43. The molecule has 0 bridgehead atoms. The zero-order chi connectivity index (χ0) is 69.7. The Labute approximate surface area is 593 Å². The molecule has 0 aromatic rings. The molecule has 2 atom stereocenters. The molecule has 0 aliphatic carbocycles. The number of rotatable bonds is 73. The predicted molar refractivity (Wildman–Crippen MR) is 417 cm³/mol. The number of likely N-dealkylation sites (N-methyl/N-ethyl adjacent to an activating group) is 1. The van der Waals surface area contributed by atoms with Gasteiger partial charge < -0.3 is 18.9 Å². The van der Waals surface area contributed by atoms with Crippen LogP contribution < -0.4 is 0 Å². The van der Waals surface area contributed by atoms with Gasteiger partial charge in [0.2, 0.25) is 0 Å². The number of phosphoric ester groups is 1. The standard InChI is InChI=1S/C86H150NO8P/c1-6-8-10-12-14-16-18-20-22-24-26-28-30-32-34-36-38-40-42-43-45-46-48-50-52-54-56-58-60-62-64-66-68-70-72-74-76-78-85(88)92-82-84(83-94-96(90,91)93-81-80-87(3,4)5)95-86(89)79-77-75-73-71-69-67-65-63-61-59-57-55-53-51-49-47-44-41-39-37-35-33-31-29-27-25-23-21-19-17-15-13-11-9-7-2/h9,11,15,17,21,23-24,26-27,29,33,35,39,41,47,49,53,55,59,61,65,67,84H,6-8,10,12-14,16,18-20,22,25,28,30-32,34,36-38,40,42-46,48,50-52,54,56-58,60,62-64,66,68-83H2,1-5H3/p+1/b11-9-,17-15-,23-21-,26-24-,29-27-,35-33-,41-39-,49-47-,55-53-,61-59-,67-65-. The van der Waals surface area contributed by atoms with Gasteiger partial charge in [-0.1, -0.05) is 353 Å². The summed E-state index contributed by atoms with van der Waals surface area (Å²) in [4.78, 5) is 36.0. The highest BCUT2D eigenvalue weighted by molar-refractivity contribution is 7.47. The highest BCUT2D eigenvalue weighted by Gasteiger charge is 2.27. The summed E-state index contributed by atoms with van der Waals surface area (Å²) >= 11 is 0. The van der Waals surface area contributed by atoms with Crippen molar-refractivity contribution in [1.82, 2.24) is 0 Å². The lowest BCUT2D eigenvalue weighted by Crippen LogP contribution is -2.37. The van der Waals surface area contributed by atoms with Crippen molar-refractivity contribution in [2.24, 2.45) is 0 Å². The van der Waals surface area contributed by atoms with Crippen molar-refractivity contribution in [3.8, 4) is 0 Å². The number of ether oxygens (including phenoxy) is 2. The minimum atomic E-state index is -4.41. The zero-order valence-electron chi connectivity index (χ0n) is 63.1. The number of carbonyl (C=O) groups excluding carboxylic acids is 2. The van der Waals surface area contributed by atoms with Crippen LogP contribution in [0.15, 0.2) is 134 Å². The molecule has 0 saturated heterocycles. The Kier molecular flexibility index (Phi) is 72.3. The third kappa shape index (κ3) is 79.1. The fraction of sp³-hybridized carbons (Fsp3) is 0.721. The molecule has 9 nitrogen and oxygen atoms in total. The van der Waals surface area contributed by atoms with Crippen LogP contribution in [-0.2, 0) is 32.7 Å². The summed E-state index contributed by atoms with van der Waals surface area (Å²) in [7, 11) is 1.45. The molecule has 1 N–H and O–H groups in total. The van der Waals surface area contributed by atoms with Crippen molar-refractivity contribution in [2.75, 3.05) is 47.5 Å². The first-order chi connectivity index (χ1) is 47.0. The van der Waals surface area contributed by atoms with Crippen LogP contribution in [0.2, 0.25) is 0 Å². The monoisotopic (exact) mass is 1360 g/mol. The van der Waals surface area contributed by atoms with Crippen molar-refractivity contribution in [2.45, 2.75) is 354 Å². The maximum Gasteiger partial charge on any atom is 0.472 e. The Balaban J connectivity index is 4.04. The van der Waals surface area contributed by atoms with E-state index in [0.717, 1.165) is 109 Å². The molecule has 552 valence electrons. The van der Waals surface area contributed by atoms with Crippen molar-refractivity contribution in [3.05, 3.63) is 134 Å². The molecule has 0 heterocycles. The van der Waals surface area contributed by atoms with E-state index in [-0.39, 0.29) is 32.0 Å². The van der Waals surface area contributed by atoms with Gasteiger partial charge in [-0.25, -0.2) is 4.57 Å². The molecule has 10 heteroatoms. The molecule has 2 unspecified atom stereocenters. The summed E-state index contributed by atoms with van der Waals surface area (Å²) in [5, 5.41) is 0. The number of hydrogen-bond donors (Lipinski definition) is 1. The van der Waals surface area contributed by atoms with E-state index in [0.29, 0.717) is 17.4 Å². The van der Waals surface area contributed by atoms with Crippen LogP contribution >= 0.6 is 7.82 Å². The number of esters is 2. The second-order valence-electron chi connectivity index (χ2n) is 27.7. The fourth-order valence-corrected chi connectivity index (χ4v) is 11.8. The molecule has 0 aromatic carbocycles. The number of unbranched alkanes of at least 4 members (excludes halogenated alkanes) is 37. The maximum atomic E-state index is 12.9. The summed E-state index contributed by atoms with van der Waals surface area (Å²) < 4.78 is 34.8. The Bertz CT molecular complexity index is 2090. The van der Waals surface area contributed by atoms with Gasteiger partial charge in [0.1, 0.15) is 19.8 Å². The largest absolute Gasteiger partial charge is 0.472 e. The summed E-state index contributed by atoms with van der Waals surface area (Å²) in [5.74, 6) is -0.822. The van der Waals surface area contributed by atoms with Gasteiger partial charge in [0.05, 0.1) is 27.7 Å². The van der Waals surface area contributed by atoms with Gasteiger partial charge >= 0.3 is 19.8 Å². The van der Waals surface area contributed by atoms with Gasteiger partial charge in [-0.05, 0) is 116 Å². The summed E-state index contributed by atoms with van der Waals surface area (Å²) in [5.41, 5.74) is 0. The quantitative estimate of drug-likeness (QED) is 0.0211. The van der Waals surface area contributed by atoms with Crippen LogP contribution in [0.5, 0.6) is 0 Å². The van der Waals surface area contributed by atoms with Gasteiger partial charge in [0.15, 0.2) is 6.10 Å². The SMILES string of the molecule is CC/C=C\C/C=C\C/C=C\C/C=C\C/C=C\C/C=C\C/C=C\C/C=C\C/C=C\C/C=C\CCCCCCC(=O)OC(COC(=O)CCCCCCCCCCCCCCCCCCCCCCCCCCC/C=C\CCCCCCCCCC)COP(=O)(O)OCC[N+](C)(C)C. The predicted octanol–water partition coefficient (Wildman–Crippen LogP) is 26.7. The van der Waals surface area contributed by atoms with Gasteiger partial charge in [0.25, 0.3) is 0 Å². The van der Waals surface area contributed by atoms with E-state index in [1.54, 1.807) is 0 Å². The first-order valence-corrected chi connectivity index (χ1v) is 41.4. The normalized spacial score (nSPS) is 13.8. The van der Waals surface area contributed by atoms with E-state index in [9.17, 15) is 19.0 Å². The lowest BCUT2D eigenvalue weighted by molar-refractivity contribution is -0.870. The Morgan fingerprint density at radius 1 is 0.333 bits per heavy atom. The lowest BCUT2D eigenvalue weighted by Gasteiger charge is -2.24. The van der Waals surface area contributed by atoms with Gasteiger partial charge in [-0.3, -0.25) is 18.6 Å². The molecular formula is C86H151NO8P+. The molecule has 0 amide bonds. The van der Waals surface area contributed by atoms with Crippen molar-refractivity contribution in [3.63, 3.8) is 0 Å². The molecule has 0 saturated carbocycles. The number of allylic oxidation sites excluding steroid dienone is 22. The average molecular weight is 1360 g/mol. The zero-order valence-corrected chi connectivity index (χ0v) is 64.0. The van der Waals surface area contributed by atoms with Crippen molar-refractivity contribution in [1.29, 1.82) is 0 Å². The molecule has 0 aliphatic rings. The number of phosphoric acid groups is 1. The van der Waals surface area contributed by atoms with E-state index < -0.39 is 26.5 Å². The third-order valence-corrected chi connectivity index (χ3v) is 18.1.